The number of benzene rings is 2. The molecule has 0 saturated heterocycles. The maximum absolute atomic E-state index is 12.2. The zero-order chi connectivity index (χ0) is 14.9. The fourth-order valence-corrected chi connectivity index (χ4v) is 2.31. The van der Waals surface area contributed by atoms with E-state index in [0.717, 1.165) is 16.7 Å². The number of anilines is 1. The number of carbonyl (C=O) groups is 1. The Bertz CT molecular complexity index is 634. The van der Waals surface area contributed by atoms with E-state index in [2.05, 4.69) is 5.32 Å². The van der Waals surface area contributed by atoms with Crippen LogP contribution in [0.3, 0.4) is 0 Å². The molecule has 104 valence electrons. The summed E-state index contributed by atoms with van der Waals surface area (Å²) in [4.78, 5) is 12.2. The highest BCUT2D eigenvalue weighted by atomic mass is 16.3. The number of aromatic hydroxyl groups is 2. The van der Waals surface area contributed by atoms with Crippen molar-refractivity contribution in [2.75, 3.05) is 5.32 Å². The molecule has 0 radical (unpaired) electrons. The molecule has 2 rings (SSSR count). The number of phenolic OH excluding ortho intramolecular Hbond substituents is 2. The zero-order valence-electron chi connectivity index (χ0n) is 11.7. The Kier molecular flexibility index (Phi) is 3.66. The molecule has 1 amide bonds. The number of rotatable bonds is 2. The molecule has 0 spiro atoms. The van der Waals surface area contributed by atoms with Gasteiger partial charge >= 0.3 is 0 Å². The summed E-state index contributed by atoms with van der Waals surface area (Å²) in [6, 6.07) is 8.14. The lowest BCUT2D eigenvalue weighted by molar-refractivity contribution is 0.102. The lowest BCUT2D eigenvalue weighted by atomic mass is 10.0. The fraction of sp³-hybridized carbons (Fsp3) is 0.188. The van der Waals surface area contributed by atoms with E-state index >= 15 is 0 Å². The Hall–Kier alpha value is -2.49. The third kappa shape index (κ3) is 2.59. The highest BCUT2D eigenvalue weighted by molar-refractivity contribution is 6.08. The average Bonchev–Trinajstić information content (AvgIpc) is 2.33. The van der Waals surface area contributed by atoms with E-state index in [4.69, 9.17) is 0 Å². The van der Waals surface area contributed by atoms with Crippen LogP contribution in [0.1, 0.15) is 27.0 Å². The summed E-state index contributed by atoms with van der Waals surface area (Å²) >= 11 is 0. The van der Waals surface area contributed by atoms with E-state index in [0.29, 0.717) is 5.69 Å². The fourth-order valence-electron chi connectivity index (χ4n) is 2.31. The Labute approximate surface area is 117 Å². The Morgan fingerprint density at radius 3 is 2.00 bits per heavy atom. The van der Waals surface area contributed by atoms with Crippen molar-refractivity contribution in [3.05, 3.63) is 52.6 Å². The van der Waals surface area contributed by atoms with Crippen LogP contribution in [0.5, 0.6) is 11.5 Å². The molecule has 4 nitrogen and oxygen atoms in total. The van der Waals surface area contributed by atoms with Crippen LogP contribution < -0.4 is 5.32 Å². The van der Waals surface area contributed by atoms with E-state index in [1.165, 1.54) is 18.2 Å². The van der Waals surface area contributed by atoms with E-state index in [1.807, 2.05) is 32.9 Å². The molecule has 0 atom stereocenters. The van der Waals surface area contributed by atoms with Crippen molar-refractivity contribution in [3.8, 4) is 11.5 Å². The first kappa shape index (κ1) is 13.9. The minimum Gasteiger partial charge on any atom is -0.507 e. The van der Waals surface area contributed by atoms with Crippen molar-refractivity contribution >= 4 is 11.6 Å². The predicted octanol–water partition coefficient (Wildman–Crippen LogP) is 3.28. The van der Waals surface area contributed by atoms with Gasteiger partial charge in [-0.25, -0.2) is 0 Å². The van der Waals surface area contributed by atoms with Crippen LogP contribution in [-0.4, -0.2) is 16.1 Å². The summed E-state index contributed by atoms with van der Waals surface area (Å²) in [6.45, 7) is 5.79. The zero-order valence-corrected chi connectivity index (χ0v) is 11.7. The van der Waals surface area contributed by atoms with Gasteiger partial charge in [-0.2, -0.15) is 0 Å². The highest BCUT2D eigenvalue weighted by Gasteiger charge is 2.17. The number of phenols is 2. The molecule has 0 unspecified atom stereocenters. The van der Waals surface area contributed by atoms with Crippen molar-refractivity contribution in [1.82, 2.24) is 0 Å². The SMILES string of the molecule is Cc1cc(C)c(NC(=O)c2c(O)cccc2O)c(C)c1. The molecule has 0 aliphatic rings. The molecule has 0 heterocycles. The molecule has 2 aromatic rings. The van der Waals surface area contributed by atoms with Gasteiger partial charge in [0, 0.05) is 5.69 Å². The average molecular weight is 271 g/mol. The van der Waals surface area contributed by atoms with Gasteiger partial charge in [-0.15, -0.1) is 0 Å². The van der Waals surface area contributed by atoms with Crippen LogP contribution in [0.15, 0.2) is 30.3 Å². The second kappa shape index (κ2) is 5.25. The molecule has 0 aliphatic heterocycles. The van der Waals surface area contributed by atoms with E-state index < -0.39 is 5.91 Å². The molecule has 2 aromatic carbocycles. The molecule has 0 saturated carbocycles. The number of carbonyl (C=O) groups excluding carboxylic acids is 1. The first-order valence-corrected chi connectivity index (χ1v) is 6.30. The van der Waals surface area contributed by atoms with Crippen molar-refractivity contribution in [2.24, 2.45) is 0 Å². The van der Waals surface area contributed by atoms with Crippen LogP contribution in [0, 0.1) is 20.8 Å². The molecule has 3 N–H and O–H groups in total. The quantitative estimate of drug-likeness (QED) is 0.785. The molecule has 20 heavy (non-hydrogen) atoms. The van der Waals surface area contributed by atoms with Crippen LogP contribution >= 0.6 is 0 Å². The summed E-state index contributed by atoms with van der Waals surface area (Å²) in [5, 5.41) is 22.1. The Balaban J connectivity index is 2.38. The normalized spacial score (nSPS) is 10.3. The van der Waals surface area contributed by atoms with E-state index in [9.17, 15) is 15.0 Å². The minimum atomic E-state index is -0.532. The standard InChI is InChI=1S/C16H17NO3/c1-9-7-10(2)15(11(3)8-9)17-16(20)14-12(18)5-4-6-13(14)19/h4-8,18-19H,1-3H3,(H,17,20). The smallest absolute Gasteiger partial charge is 0.263 e. The number of hydrogen-bond acceptors (Lipinski definition) is 3. The summed E-state index contributed by atoms with van der Waals surface area (Å²) in [7, 11) is 0. The van der Waals surface area contributed by atoms with Crippen molar-refractivity contribution in [2.45, 2.75) is 20.8 Å². The highest BCUT2D eigenvalue weighted by Crippen LogP contribution is 2.29. The monoisotopic (exact) mass is 271 g/mol. The van der Waals surface area contributed by atoms with Gasteiger partial charge < -0.3 is 15.5 Å². The molecule has 4 heteroatoms. The molecule has 0 bridgehead atoms. The van der Waals surface area contributed by atoms with E-state index in [-0.39, 0.29) is 17.1 Å². The predicted molar refractivity (Wildman–Crippen MR) is 78.4 cm³/mol. The van der Waals surface area contributed by atoms with Gasteiger partial charge in [-0.1, -0.05) is 23.8 Å². The summed E-state index contributed by atoms with van der Waals surface area (Å²) in [5.74, 6) is -1.02. The van der Waals surface area contributed by atoms with Gasteiger partial charge in [0.05, 0.1) is 0 Å². The lowest BCUT2D eigenvalue weighted by Crippen LogP contribution is -2.14. The topological polar surface area (TPSA) is 69.6 Å². The first-order chi connectivity index (χ1) is 9.40. The molecular formula is C16H17NO3. The largest absolute Gasteiger partial charge is 0.507 e. The van der Waals surface area contributed by atoms with Crippen molar-refractivity contribution in [1.29, 1.82) is 0 Å². The van der Waals surface area contributed by atoms with Gasteiger partial charge in [0.2, 0.25) is 0 Å². The second-order valence-electron chi connectivity index (χ2n) is 4.90. The molecule has 0 fully saturated rings. The number of hydrogen-bond donors (Lipinski definition) is 3. The minimum absolute atomic E-state index is 0.119. The number of nitrogens with one attached hydrogen (secondary N) is 1. The third-order valence-corrected chi connectivity index (χ3v) is 3.16. The van der Waals surface area contributed by atoms with Crippen LogP contribution in [0.2, 0.25) is 0 Å². The number of aryl methyl sites for hydroxylation is 3. The maximum Gasteiger partial charge on any atom is 0.263 e. The summed E-state index contributed by atoms with van der Waals surface area (Å²) in [6.07, 6.45) is 0. The molecule has 0 aliphatic carbocycles. The summed E-state index contributed by atoms with van der Waals surface area (Å²) in [5.41, 5.74) is 3.56. The van der Waals surface area contributed by atoms with Gasteiger partial charge in [-0.3, -0.25) is 4.79 Å². The van der Waals surface area contributed by atoms with Crippen molar-refractivity contribution < 1.29 is 15.0 Å². The second-order valence-corrected chi connectivity index (χ2v) is 4.90. The first-order valence-electron chi connectivity index (χ1n) is 6.30. The van der Waals surface area contributed by atoms with Gasteiger partial charge in [0.25, 0.3) is 5.91 Å². The van der Waals surface area contributed by atoms with Gasteiger partial charge in [0.15, 0.2) is 0 Å². The van der Waals surface area contributed by atoms with Gasteiger partial charge in [0.1, 0.15) is 17.1 Å². The van der Waals surface area contributed by atoms with E-state index in [1.54, 1.807) is 0 Å². The third-order valence-electron chi connectivity index (χ3n) is 3.16. The van der Waals surface area contributed by atoms with Crippen LogP contribution in [0.25, 0.3) is 0 Å². The molecule has 0 aromatic heterocycles. The summed E-state index contributed by atoms with van der Waals surface area (Å²) < 4.78 is 0. The van der Waals surface area contributed by atoms with Gasteiger partial charge in [-0.05, 0) is 44.0 Å². The number of amides is 1. The van der Waals surface area contributed by atoms with Crippen molar-refractivity contribution in [3.63, 3.8) is 0 Å². The Morgan fingerprint density at radius 1 is 1.00 bits per heavy atom. The lowest BCUT2D eigenvalue weighted by Gasteiger charge is -2.14. The maximum atomic E-state index is 12.2. The molecular weight excluding hydrogens is 254 g/mol. The Morgan fingerprint density at radius 2 is 1.50 bits per heavy atom. The van der Waals surface area contributed by atoms with Crippen LogP contribution in [0.4, 0.5) is 5.69 Å². The van der Waals surface area contributed by atoms with Crippen LogP contribution in [-0.2, 0) is 0 Å².